The number of aromatic nitrogens is 2. The molecule has 1 fully saturated rings. The van der Waals surface area contributed by atoms with E-state index in [1.54, 1.807) is 0 Å². The Morgan fingerprint density at radius 2 is 2.03 bits per heavy atom. The van der Waals surface area contributed by atoms with Gasteiger partial charge < -0.3 is 4.90 Å². The van der Waals surface area contributed by atoms with Crippen molar-refractivity contribution in [3.05, 3.63) is 58.8 Å². The van der Waals surface area contributed by atoms with E-state index < -0.39 is 0 Å². The van der Waals surface area contributed by atoms with Gasteiger partial charge in [-0.3, -0.25) is 14.3 Å². The van der Waals surface area contributed by atoms with Gasteiger partial charge in [-0.2, -0.15) is 0 Å². The first-order chi connectivity index (χ1) is 15.6. The van der Waals surface area contributed by atoms with Crippen molar-refractivity contribution < 1.29 is 4.79 Å². The topological polar surface area (TPSA) is 41.4 Å². The molecule has 1 aromatic heterocycles. The van der Waals surface area contributed by atoms with Crippen LogP contribution in [0, 0.1) is 5.92 Å². The van der Waals surface area contributed by atoms with Crippen LogP contribution in [0.1, 0.15) is 45.4 Å². The molecule has 4 rings (SSSR count). The number of piperidine rings is 1. The molecule has 1 saturated heterocycles. The van der Waals surface area contributed by atoms with E-state index in [1.165, 1.54) is 0 Å². The molecule has 0 spiro atoms. The number of amides is 1. The van der Waals surface area contributed by atoms with Crippen LogP contribution in [0.25, 0.3) is 16.7 Å². The van der Waals surface area contributed by atoms with Crippen LogP contribution in [-0.2, 0) is 11.3 Å². The Kier molecular flexibility index (Phi) is 7.63. The van der Waals surface area contributed by atoms with E-state index in [-0.39, 0.29) is 5.92 Å². The van der Waals surface area contributed by atoms with Gasteiger partial charge in [-0.05, 0) is 63.1 Å². The van der Waals surface area contributed by atoms with Gasteiger partial charge in [0.15, 0.2) is 0 Å². The monoisotopic (exact) mass is 496 g/mol. The molecule has 0 bridgehead atoms. The van der Waals surface area contributed by atoms with Crippen LogP contribution in [0.2, 0.25) is 0 Å². The minimum atomic E-state index is 0.0873. The molecule has 0 aliphatic carbocycles. The van der Waals surface area contributed by atoms with Crippen LogP contribution in [0.5, 0.6) is 0 Å². The minimum absolute atomic E-state index is 0.0873. The summed E-state index contributed by atoms with van der Waals surface area (Å²) in [7, 11) is 0. The van der Waals surface area contributed by atoms with Crippen LogP contribution in [-0.4, -0.2) is 51.4 Å². The quantitative estimate of drug-likeness (QED) is 0.404. The van der Waals surface area contributed by atoms with E-state index in [0.29, 0.717) is 5.91 Å². The standard InChI is InChI=1S/C26H33BrN4O/c1-3-5-16-30(4-2)26(32)20-10-9-15-29(18-20)19-25-28-23-13-6-7-14-24(23)31(25)22-12-8-11-21(27)17-22/h6-8,11-14,17,20H,3-5,9-10,15-16,18-19H2,1-2H3/t20-/m1/s1. The van der Waals surface area contributed by atoms with E-state index >= 15 is 0 Å². The van der Waals surface area contributed by atoms with E-state index in [2.05, 4.69) is 80.5 Å². The molecular formula is C26H33BrN4O. The summed E-state index contributed by atoms with van der Waals surface area (Å²) in [5.41, 5.74) is 3.22. The first-order valence-electron chi connectivity index (χ1n) is 11.8. The summed E-state index contributed by atoms with van der Waals surface area (Å²) in [6.45, 7) is 8.50. The Morgan fingerprint density at radius 3 is 2.81 bits per heavy atom. The van der Waals surface area contributed by atoms with E-state index in [4.69, 9.17) is 4.98 Å². The zero-order chi connectivity index (χ0) is 22.5. The molecule has 0 unspecified atom stereocenters. The Bertz CT molecular complexity index is 1060. The fourth-order valence-corrected chi connectivity index (χ4v) is 5.10. The van der Waals surface area contributed by atoms with Crippen LogP contribution in [0.3, 0.4) is 0 Å². The smallest absolute Gasteiger partial charge is 0.226 e. The molecule has 2 heterocycles. The number of nitrogens with zero attached hydrogens (tertiary/aromatic N) is 4. The van der Waals surface area contributed by atoms with Gasteiger partial charge in [-0.15, -0.1) is 0 Å². The largest absolute Gasteiger partial charge is 0.343 e. The highest BCUT2D eigenvalue weighted by Gasteiger charge is 2.29. The average Bonchev–Trinajstić information content (AvgIpc) is 3.17. The van der Waals surface area contributed by atoms with E-state index in [9.17, 15) is 4.79 Å². The fraction of sp³-hybridized carbons (Fsp3) is 0.462. The molecule has 32 heavy (non-hydrogen) atoms. The molecule has 170 valence electrons. The number of carbonyl (C=O) groups is 1. The molecule has 1 aliphatic rings. The summed E-state index contributed by atoms with van der Waals surface area (Å²) in [6.07, 6.45) is 4.23. The first-order valence-corrected chi connectivity index (χ1v) is 12.6. The Morgan fingerprint density at radius 1 is 1.19 bits per heavy atom. The highest BCUT2D eigenvalue weighted by Crippen LogP contribution is 2.26. The van der Waals surface area contributed by atoms with Crippen molar-refractivity contribution in [2.24, 2.45) is 5.92 Å². The van der Waals surface area contributed by atoms with Crippen molar-refractivity contribution in [3.63, 3.8) is 0 Å². The number of halogens is 1. The highest BCUT2D eigenvalue weighted by atomic mass is 79.9. The van der Waals surface area contributed by atoms with E-state index in [1.807, 2.05) is 12.1 Å². The molecule has 3 aromatic rings. The molecule has 0 saturated carbocycles. The maximum atomic E-state index is 13.2. The summed E-state index contributed by atoms with van der Waals surface area (Å²) in [6, 6.07) is 16.7. The molecule has 6 heteroatoms. The average molecular weight is 497 g/mol. The normalized spacial score (nSPS) is 17.0. The summed E-state index contributed by atoms with van der Waals surface area (Å²) >= 11 is 3.61. The lowest BCUT2D eigenvalue weighted by Gasteiger charge is -2.34. The molecule has 5 nitrogen and oxygen atoms in total. The van der Waals surface area contributed by atoms with E-state index in [0.717, 1.165) is 85.4 Å². The maximum absolute atomic E-state index is 13.2. The van der Waals surface area contributed by atoms with Crippen molar-refractivity contribution in [1.29, 1.82) is 0 Å². The number of rotatable bonds is 8. The van der Waals surface area contributed by atoms with Crippen LogP contribution >= 0.6 is 15.9 Å². The summed E-state index contributed by atoms with van der Waals surface area (Å²) in [5, 5.41) is 0. The highest BCUT2D eigenvalue weighted by molar-refractivity contribution is 9.10. The van der Waals surface area contributed by atoms with Gasteiger partial charge >= 0.3 is 0 Å². The summed E-state index contributed by atoms with van der Waals surface area (Å²) in [4.78, 5) is 22.6. The third kappa shape index (κ3) is 5.07. The third-order valence-electron chi connectivity index (χ3n) is 6.39. The minimum Gasteiger partial charge on any atom is -0.343 e. The maximum Gasteiger partial charge on any atom is 0.226 e. The lowest BCUT2D eigenvalue weighted by molar-refractivity contribution is -0.137. The zero-order valence-electron chi connectivity index (χ0n) is 19.1. The van der Waals surface area contributed by atoms with Gasteiger partial charge in [0.1, 0.15) is 5.82 Å². The molecule has 0 N–H and O–H groups in total. The predicted octanol–water partition coefficient (Wildman–Crippen LogP) is 5.65. The van der Waals surface area contributed by atoms with Crippen molar-refractivity contribution in [2.45, 2.75) is 46.1 Å². The number of hydrogen-bond acceptors (Lipinski definition) is 3. The molecule has 1 atom stereocenters. The van der Waals surface area contributed by atoms with Crippen LogP contribution < -0.4 is 0 Å². The number of imidazole rings is 1. The molecule has 0 radical (unpaired) electrons. The molecule has 1 aliphatic heterocycles. The fourth-order valence-electron chi connectivity index (χ4n) is 4.72. The number of para-hydroxylation sites is 2. The second-order valence-electron chi connectivity index (χ2n) is 8.68. The zero-order valence-corrected chi connectivity index (χ0v) is 20.7. The van der Waals surface area contributed by atoms with Crippen molar-refractivity contribution in [2.75, 3.05) is 26.2 Å². The predicted molar refractivity (Wildman–Crippen MR) is 134 cm³/mol. The van der Waals surface area contributed by atoms with Crippen molar-refractivity contribution in [3.8, 4) is 5.69 Å². The second kappa shape index (κ2) is 10.6. The van der Waals surface area contributed by atoms with Crippen molar-refractivity contribution in [1.82, 2.24) is 19.4 Å². The lowest BCUT2D eigenvalue weighted by atomic mass is 9.96. The van der Waals surface area contributed by atoms with Gasteiger partial charge in [0.05, 0.1) is 23.5 Å². The molecule has 1 amide bonds. The second-order valence-corrected chi connectivity index (χ2v) is 9.59. The van der Waals surface area contributed by atoms with Gasteiger partial charge in [0.2, 0.25) is 5.91 Å². The molecular weight excluding hydrogens is 464 g/mol. The number of unbranched alkanes of at least 4 members (excludes halogenated alkanes) is 1. The Labute approximate surface area is 199 Å². The van der Waals surface area contributed by atoms with Gasteiger partial charge in [-0.1, -0.05) is 47.5 Å². The third-order valence-corrected chi connectivity index (χ3v) is 6.88. The molecule has 2 aromatic carbocycles. The van der Waals surface area contributed by atoms with Gasteiger partial charge in [0, 0.05) is 29.8 Å². The summed E-state index contributed by atoms with van der Waals surface area (Å²) in [5.74, 6) is 1.44. The number of likely N-dealkylation sites (tertiary alicyclic amines) is 1. The van der Waals surface area contributed by atoms with Crippen LogP contribution in [0.4, 0.5) is 0 Å². The number of hydrogen-bond donors (Lipinski definition) is 0. The van der Waals surface area contributed by atoms with Gasteiger partial charge in [-0.25, -0.2) is 4.98 Å². The Hall–Kier alpha value is -2.18. The SMILES string of the molecule is CCCCN(CC)C(=O)[C@@H]1CCCN(Cc2nc3ccccc3n2-c2cccc(Br)c2)C1. The van der Waals surface area contributed by atoms with Gasteiger partial charge in [0.25, 0.3) is 0 Å². The first kappa shape index (κ1) is 23.0. The summed E-state index contributed by atoms with van der Waals surface area (Å²) < 4.78 is 3.31. The van der Waals surface area contributed by atoms with Crippen LogP contribution in [0.15, 0.2) is 53.0 Å². The number of fused-ring (bicyclic) bond motifs is 1. The Balaban J connectivity index is 1.57. The van der Waals surface area contributed by atoms with Crippen molar-refractivity contribution >= 4 is 32.9 Å². The number of carbonyl (C=O) groups excluding carboxylic acids is 1. The number of benzene rings is 2. The lowest BCUT2D eigenvalue weighted by Crippen LogP contribution is -2.45.